The molecule has 0 radical (unpaired) electrons. The van der Waals surface area contributed by atoms with Crippen molar-refractivity contribution in [2.45, 2.75) is 12.6 Å². The predicted molar refractivity (Wildman–Crippen MR) is 79.7 cm³/mol. The molecule has 4 heteroatoms. The van der Waals surface area contributed by atoms with Crippen molar-refractivity contribution in [3.05, 3.63) is 65.7 Å². The molecule has 1 aliphatic rings. The van der Waals surface area contributed by atoms with E-state index in [-0.39, 0.29) is 5.91 Å². The fraction of sp³-hybridized carbons (Fsp3) is 0.125. The third-order valence-electron chi connectivity index (χ3n) is 3.28. The second kappa shape index (κ2) is 4.58. The van der Waals surface area contributed by atoms with Crippen LogP contribution in [0.5, 0.6) is 0 Å². The molecule has 1 heterocycles. The summed E-state index contributed by atoms with van der Waals surface area (Å²) in [6.07, 6.45) is 0. The van der Waals surface area contributed by atoms with E-state index in [9.17, 15) is 4.79 Å². The average molecular weight is 265 g/mol. The normalized spacial score (nSPS) is 21.5. The molecule has 4 nitrogen and oxygen atoms in total. The minimum Gasteiger partial charge on any atom is -0.322 e. The van der Waals surface area contributed by atoms with E-state index in [0.717, 1.165) is 22.5 Å². The molecule has 0 unspecified atom stereocenters. The van der Waals surface area contributed by atoms with Gasteiger partial charge in [-0.15, -0.1) is 0 Å². The number of fused-ring (bicyclic) bond motifs is 1. The topological polar surface area (TPSA) is 67.5 Å². The maximum atomic E-state index is 12.1. The van der Waals surface area contributed by atoms with Crippen molar-refractivity contribution in [3.63, 3.8) is 0 Å². The average Bonchev–Trinajstić information content (AvgIpc) is 2.55. The zero-order valence-electron chi connectivity index (χ0n) is 11.1. The molecule has 2 aromatic rings. The zero-order valence-corrected chi connectivity index (χ0v) is 11.1. The number of amides is 1. The van der Waals surface area contributed by atoms with Crippen LogP contribution in [0.1, 0.15) is 18.1 Å². The second-order valence-electron chi connectivity index (χ2n) is 4.97. The van der Waals surface area contributed by atoms with Crippen molar-refractivity contribution >= 4 is 17.3 Å². The van der Waals surface area contributed by atoms with Crippen LogP contribution in [0.15, 0.2) is 59.6 Å². The van der Waals surface area contributed by atoms with E-state index in [1.807, 2.05) is 54.6 Å². The van der Waals surface area contributed by atoms with Crippen LogP contribution in [0.2, 0.25) is 0 Å². The van der Waals surface area contributed by atoms with Gasteiger partial charge in [-0.3, -0.25) is 15.5 Å². The van der Waals surface area contributed by atoms with Crippen LogP contribution in [0, 0.1) is 0 Å². The van der Waals surface area contributed by atoms with Crippen LogP contribution >= 0.6 is 0 Å². The van der Waals surface area contributed by atoms with Crippen molar-refractivity contribution < 1.29 is 4.79 Å². The molecule has 0 aromatic heterocycles. The summed E-state index contributed by atoms with van der Waals surface area (Å²) in [5.74, 6) is -0.309. The van der Waals surface area contributed by atoms with Crippen LogP contribution in [0.3, 0.4) is 0 Å². The first kappa shape index (κ1) is 12.6. The molecular weight excluding hydrogens is 250 g/mol. The van der Waals surface area contributed by atoms with Crippen molar-refractivity contribution in [2.75, 3.05) is 5.32 Å². The van der Waals surface area contributed by atoms with Gasteiger partial charge in [0.1, 0.15) is 0 Å². The van der Waals surface area contributed by atoms with Crippen LogP contribution in [-0.2, 0) is 4.79 Å². The number of rotatable bonds is 1. The molecule has 0 spiro atoms. The molecule has 1 atom stereocenters. The lowest BCUT2D eigenvalue weighted by Crippen LogP contribution is -2.46. The Bertz CT molecular complexity index is 690. The summed E-state index contributed by atoms with van der Waals surface area (Å²) < 4.78 is 0. The number of aliphatic imine (C=N–C) groups is 1. The van der Waals surface area contributed by atoms with E-state index < -0.39 is 5.66 Å². The Morgan fingerprint density at radius 2 is 1.70 bits per heavy atom. The van der Waals surface area contributed by atoms with Gasteiger partial charge in [0.05, 0.1) is 11.4 Å². The summed E-state index contributed by atoms with van der Waals surface area (Å²) in [7, 11) is 0. The Morgan fingerprint density at radius 1 is 1.05 bits per heavy atom. The molecular formula is C16H15N3O. The molecule has 0 bridgehead atoms. The van der Waals surface area contributed by atoms with Gasteiger partial charge in [0.2, 0.25) is 0 Å². The van der Waals surface area contributed by atoms with Gasteiger partial charge in [-0.2, -0.15) is 0 Å². The Hall–Kier alpha value is -2.46. The van der Waals surface area contributed by atoms with Gasteiger partial charge in [-0.25, -0.2) is 0 Å². The van der Waals surface area contributed by atoms with Gasteiger partial charge < -0.3 is 5.32 Å². The second-order valence-corrected chi connectivity index (χ2v) is 4.97. The van der Waals surface area contributed by atoms with Gasteiger partial charge in [0.15, 0.2) is 5.66 Å². The highest BCUT2D eigenvalue weighted by atomic mass is 16.2. The first-order valence-electron chi connectivity index (χ1n) is 6.43. The van der Waals surface area contributed by atoms with Crippen molar-refractivity contribution in [3.8, 4) is 0 Å². The van der Waals surface area contributed by atoms with E-state index >= 15 is 0 Å². The van der Waals surface area contributed by atoms with Crippen molar-refractivity contribution in [1.29, 1.82) is 0 Å². The molecule has 3 rings (SSSR count). The summed E-state index contributed by atoms with van der Waals surface area (Å²) in [6.45, 7) is 1.61. The molecule has 100 valence electrons. The summed E-state index contributed by atoms with van der Waals surface area (Å²) in [4.78, 5) is 16.6. The number of benzene rings is 2. The molecule has 0 saturated carbocycles. The highest BCUT2D eigenvalue weighted by molar-refractivity contribution is 6.20. The highest BCUT2D eigenvalue weighted by Gasteiger charge is 2.32. The molecule has 2 aromatic carbocycles. The van der Waals surface area contributed by atoms with Crippen molar-refractivity contribution in [2.24, 2.45) is 10.7 Å². The standard InChI is InChI=1S/C16H15N3O/c1-16(17)15(20)18-13-10-6-5-9-12(13)14(19-16)11-7-3-2-4-8-11/h2-10H,17H2,1H3,(H,18,20)/t16-/m0/s1. The number of hydrogen-bond acceptors (Lipinski definition) is 3. The largest absolute Gasteiger partial charge is 0.322 e. The Morgan fingerprint density at radius 3 is 2.45 bits per heavy atom. The maximum Gasteiger partial charge on any atom is 0.266 e. The first-order valence-corrected chi connectivity index (χ1v) is 6.43. The Balaban J connectivity index is 2.26. The minimum atomic E-state index is -1.29. The van der Waals surface area contributed by atoms with Gasteiger partial charge in [0, 0.05) is 11.1 Å². The molecule has 0 aliphatic carbocycles. The van der Waals surface area contributed by atoms with Gasteiger partial charge >= 0.3 is 0 Å². The Labute approximate surface area is 117 Å². The number of para-hydroxylation sites is 1. The zero-order chi connectivity index (χ0) is 14.2. The molecule has 1 amide bonds. The lowest BCUT2D eigenvalue weighted by molar-refractivity contribution is -0.120. The SMILES string of the molecule is C[C@]1(N)N=C(c2ccccc2)c2ccccc2NC1=O. The van der Waals surface area contributed by atoms with E-state index in [1.54, 1.807) is 6.92 Å². The summed E-state index contributed by atoms with van der Waals surface area (Å²) in [5, 5.41) is 2.83. The lowest BCUT2D eigenvalue weighted by Gasteiger charge is -2.17. The van der Waals surface area contributed by atoms with Crippen LogP contribution in [-0.4, -0.2) is 17.3 Å². The monoisotopic (exact) mass is 265 g/mol. The summed E-state index contributed by atoms with van der Waals surface area (Å²) in [6, 6.07) is 17.3. The van der Waals surface area contributed by atoms with E-state index in [2.05, 4.69) is 10.3 Å². The number of anilines is 1. The number of carbonyl (C=O) groups is 1. The van der Waals surface area contributed by atoms with Gasteiger partial charge in [0.25, 0.3) is 5.91 Å². The molecule has 0 fully saturated rings. The van der Waals surface area contributed by atoms with E-state index in [0.29, 0.717) is 0 Å². The van der Waals surface area contributed by atoms with Gasteiger partial charge in [-0.1, -0.05) is 48.5 Å². The first-order chi connectivity index (χ1) is 9.58. The van der Waals surface area contributed by atoms with E-state index in [4.69, 9.17) is 5.73 Å². The lowest BCUT2D eigenvalue weighted by atomic mass is 10.0. The minimum absolute atomic E-state index is 0.309. The quantitative estimate of drug-likeness (QED) is 0.829. The summed E-state index contributed by atoms with van der Waals surface area (Å²) >= 11 is 0. The van der Waals surface area contributed by atoms with Crippen LogP contribution < -0.4 is 11.1 Å². The Kier molecular flexibility index (Phi) is 2.88. The van der Waals surface area contributed by atoms with E-state index in [1.165, 1.54) is 0 Å². The molecule has 3 N–H and O–H groups in total. The van der Waals surface area contributed by atoms with Gasteiger partial charge in [-0.05, 0) is 13.0 Å². The third kappa shape index (κ3) is 2.10. The number of nitrogens with two attached hydrogens (primary N) is 1. The number of benzodiazepines with no additional fused rings is 1. The van der Waals surface area contributed by atoms with Crippen LogP contribution in [0.4, 0.5) is 5.69 Å². The van der Waals surface area contributed by atoms with Crippen LogP contribution in [0.25, 0.3) is 0 Å². The molecule has 1 aliphatic heterocycles. The third-order valence-corrected chi connectivity index (χ3v) is 3.28. The number of hydrogen-bond donors (Lipinski definition) is 2. The predicted octanol–water partition coefficient (Wildman–Crippen LogP) is 2.15. The number of nitrogens with zero attached hydrogens (tertiary/aromatic N) is 1. The fourth-order valence-electron chi connectivity index (χ4n) is 2.21. The molecule has 0 saturated heterocycles. The fourth-order valence-corrected chi connectivity index (χ4v) is 2.21. The maximum absolute atomic E-state index is 12.1. The summed E-state index contributed by atoms with van der Waals surface area (Å²) in [5.41, 5.74) is 8.01. The number of nitrogens with one attached hydrogen (secondary N) is 1. The van der Waals surface area contributed by atoms with Crippen molar-refractivity contribution in [1.82, 2.24) is 0 Å². The highest BCUT2D eigenvalue weighted by Crippen LogP contribution is 2.25. The molecule has 20 heavy (non-hydrogen) atoms. The smallest absolute Gasteiger partial charge is 0.266 e. The number of carbonyl (C=O) groups excluding carboxylic acids is 1.